The zero-order valence-corrected chi connectivity index (χ0v) is 21.1. The van der Waals surface area contributed by atoms with E-state index in [-0.39, 0.29) is 24.1 Å². The molecule has 1 aliphatic carbocycles. The number of hydrogen-bond donors (Lipinski definition) is 1. The van der Waals surface area contributed by atoms with Crippen LogP contribution >= 0.6 is 0 Å². The maximum Gasteiger partial charge on any atom is 0.416 e. The van der Waals surface area contributed by atoms with Crippen LogP contribution in [0.25, 0.3) is 0 Å². The first-order chi connectivity index (χ1) is 17.3. The molecule has 1 aromatic heterocycles. The molecule has 3 fully saturated rings. The topological polar surface area (TPSA) is 76.2 Å². The third kappa shape index (κ3) is 6.12. The molecule has 202 valence electrons. The van der Waals surface area contributed by atoms with Crippen LogP contribution in [0.1, 0.15) is 37.7 Å². The van der Waals surface area contributed by atoms with E-state index in [2.05, 4.69) is 10.3 Å². The summed E-state index contributed by atoms with van der Waals surface area (Å²) in [5, 5.41) is 3.73. The average Bonchev–Trinajstić information content (AvgIpc) is 3.31. The molecule has 1 amide bonds. The molecule has 1 aromatic rings. The predicted molar refractivity (Wildman–Crippen MR) is 128 cm³/mol. The Labute approximate surface area is 210 Å². The number of hydrogen-bond acceptors (Lipinski definition) is 7. The van der Waals surface area contributed by atoms with Crippen molar-refractivity contribution in [3.8, 4) is 0 Å². The number of halogens is 3. The summed E-state index contributed by atoms with van der Waals surface area (Å²) in [6.07, 6.45) is 0.717. The number of alkyl halides is 3. The van der Waals surface area contributed by atoms with Crippen LogP contribution < -0.4 is 10.2 Å². The first kappa shape index (κ1) is 27.1. The van der Waals surface area contributed by atoms with Crippen LogP contribution in [0.3, 0.4) is 0 Å². The first-order valence-electron chi connectivity index (χ1n) is 12.7. The van der Waals surface area contributed by atoms with E-state index in [9.17, 15) is 18.0 Å². The van der Waals surface area contributed by atoms with Crippen LogP contribution in [0.15, 0.2) is 18.3 Å². The SMILES string of the molecule is COCCC1(C(=O)N2CCN(c3cc(C(F)(F)F)ccn3)CC2)CCC(N[C@@H]2CCOC[C@H]2OC)C1. The molecule has 3 heterocycles. The van der Waals surface area contributed by atoms with Gasteiger partial charge in [0.2, 0.25) is 5.91 Å². The summed E-state index contributed by atoms with van der Waals surface area (Å²) in [5.41, 5.74) is -1.22. The Bertz CT molecular complexity index is 881. The van der Waals surface area contributed by atoms with Gasteiger partial charge in [-0.25, -0.2) is 4.98 Å². The van der Waals surface area contributed by atoms with Gasteiger partial charge in [0.25, 0.3) is 0 Å². The molecule has 8 nitrogen and oxygen atoms in total. The van der Waals surface area contributed by atoms with Crippen molar-refractivity contribution in [1.29, 1.82) is 0 Å². The molecule has 0 bridgehead atoms. The molecular weight excluding hydrogens is 477 g/mol. The Balaban J connectivity index is 1.38. The molecular formula is C25H37F3N4O4. The lowest BCUT2D eigenvalue weighted by Crippen LogP contribution is -2.54. The van der Waals surface area contributed by atoms with Crippen molar-refractivity contribution in [3.63, 3.8) is 0 Å². The van der Waals surface area contributed by atoms with Gasteiger partial charge in [-0.05, 0) is 44.2 Å². The summed E-state index contributed by atoms with van der Waals surface area (Å²) in [6, 6.07) is 2.46. The van der Waals surface area contributed by atoms with E-state index in [1.807, 2.05) is 9.80 Å². The number of piperazine rings is 1. The van der Waals surface area contributed by atoms with Crippen molar-refractivity contribution in [2.24, 2.45) is 5.41 Å². The normalized spacial score (nSPS) is 29.5. The summed E-state index contributed by atoms with van der Waals surface area (Å²) in [5.74, 6) is 0.413. The lowest BCUT2D eigenvalue weighted by molar-refractivity contribution is -0.143. The van der Waals surface area contributed by atoms with E-state index in [0.717, 1.165) is 37.8 Å². The molecule has 4 atom stereocenters. The van der Waals surface area contributed by atoms with Crippen LogP contribution in [-0.4, -0.2) is 94.2 Å². The highest BCUT2D eigenvalue weighted by Gasteiger charge is 2.48. The molecule has 36 heavy (non-hydrogen) atoms. The van der Waals surface area contributed by atoms with Gasteiger partial charge in [0.1, 0.15) is 5.82 Å². The van der Waals surface area contributed by atoms with Crippen LogP contribution in [-0.2, 0) is 25.2 Å². The summed E-state index contributed by atoms with van der Waals surface area (Å²) in [7, 11) is 3.35. The minimum atomic E-state index is -4.41. The Morgan fingerprint density at radius 3 is 2.72 bits per heavy atom. The number of anilines is 1. The van der Waals surface area contributed by atoms with Crippen LogP contribution in [0.4, 0.5) is 19.0 Å². The number of carbonyl (C=O) groups excluding carboxylic acids is 1. The van der Waals surface area contributed by atoms with Gasteiger partial charge in [-0.1, -0.05) is 0 Å². The fourth-order valence-corrected chi connectivity index (χ4v) is 5.77. The second-order valence-corrected chi connectivity index (χ2v) is 10.1. The Hall–Kier alpha value is -1.95. The maximum atomic E-state index is 13.8. The Kier molecular flexibility index (Phi) is 8.75. The minimum absolute atomic E-state index is 0.000891. The number of pyridine rings is 1. The number of nitrogens with one attached hydrogen (secondary N) is 1. The number of aromatic nitrogens is 1. The van der Waals surface area contributed by atoms with Crippen molar-refractivity contribution in [1.82, 2.24) is 15.2 Å². The van der Waals surface area contributed by atoms with Crippen molar-refractivity contribution < 1.29 is 32.2 Å². The number of methoxy groups -OCH3 is 2. The number of ether oxygens (including phenoxy) is 3. The second-order valence-electron chi connectivity index (χ2n) is 10.1. The van der Waals surface area contributed by atoms with E-state index >= 15 is 0 Å². The molecule has 2 unspecified atom stereocenters. The summed E-state index contributed by atoms with van der Waals surface area (Å²) in [6.45, 7) is 3.57. The van der Waals surface area contributed by atoms with Gasteiger partial charge >= 0.3 is 6.18 Å². The fraction of sp³-hybridized carbons (Fsp3) is 0.760. The van der Waals surface area contributed by atoms with Gasteiger partial charge in [0.15, 0.2) is 0 Å². The van der Waals surface area contributed by atoms with Gasteiger partial charge in [0, 0.05) is 71.9 Å². The smallest absolute Gasteiger partial charge is 0.385 e. The highest BCUT2D eigenvalue weighted by molar-refractivity contribution is 5.83. The van der Waals surface area contributed by atoms with Crippen LogP contribution in [0.5, 0.6) is 0 Å². The minimum Gasteiger partial charge on any atom is -0.385 e. The molecule has 1 N–H and O–H groups in total. The zero-order chi connectivity index (χ0) is 25.8. The highest BCUT2D eigenvalue weighted by Crippen LogP contribution is 2.43. The van der Waals surface area contributed by atoms with E-state index in [0.29, 0.717) is 58.2 Å². The predicted octanol–water partition coefficient (Wildman–Crippen LogP) is 2.72. The van der Waals surface area contributed by atoms with Gasteiger partial charge in [0.05, 0.1) is 23.7 Å². The fourth-order valence-electron chi connectivity index (χ4n) is 5.77. The van der Waals surface area contributed by atoms with Gasteiger partial charge in [-0.3, -0.25) is 4.79 Å². The number of rotatable bonds is 8. The first-order valence-corrected chi connectivity index (χ1v) is 12.7. The molecule has 11 heteroatoms. The van der Waals surface area contributed by atoms with Crippen LogP contribution in [0.2, 0.25) is 0 Å². The van der Waals surface area contributed by atoms with Gasteiger partial charge in [-0.15, -0.1) is 0 Å². The van der Waals surface area contributed by atoms with E-state index < -0.39 is 17.2 Å². The molecule has 2 saturated heterocycles. The van der Waals surface area contributed by atoms with Crippen LogP contribution in [0, 0.1) is 5.41 Å². The summed E-state index contributed by atoms with van der Waals surface area (Å²) < 4.78 is 55.8. The maximum absolute atomic E-state index is 13.8. The molecule has 3 aliphatic rings. The quantitative estimate of drug-likeness (QED) is 0.572. The van der Waals surface area contributed by atoms with Crippen molar-refractivity contribution in [3.05, 3.63) is 23.9 Å². The molecule has 0 radical (unpaired) electrons. The van der Waals surface area contributed by atoms with Gasteiger partial charge < -0.3 is 29.3 Å². The Morgan fingerprint density at radius 2 is 2.03 bits per heavy atom. The molecule has 0 spiro atoms. The lowest BCUT2D eigenvalue weighted by atomic mass is 9.80. The molecule has 0 aromatic carbocycles. The average molecular weight is 515 g/mol. The standard InChI is InChI=1S/C25H37F3N4O4/c1-34-14-7-24(6-3-19(16-24)30-20-5-13-36-17-21(20)35-2)23(33)32-11-9-31(10-12-32)22-15-18(4-8-29-22)25(26,27)28/h4,8,15,19-21,30H,3,5-7,9-14,16-17H2,1-2H3/t19?,20-,21-,24?/m1/s1. The number of nitrogens with zero attached hydrogens (tertiary/aromatic N) is 3. The third-order valence-corrected chi connectivity index (χ3v) is 7.87. The van der Waals surface area contributed by atoms with Crippen molar-refractivity contribution >= 4 is 11.7 Å². The van der Waals surface area contributed by atoms with E-state index in [1.165, 1.54) is 6.20 Å². The molecule has 4 rings (SSSR count). The van der Waals surface area contributed by atoms with E-state index in [4.69, 9.17) is 14.2 Å². The molecule has 1 saturated carbocycles. The monoisotopic (exact) mass is 514 g/mol. The van der Waals surface area contributed by atoms with E-state index in [1.54, 1.807) is 14.2 Å². The third-order valence-electron chi connectivity index (χ3n) is 7.87. The summed E-state index contributed by atoms with van der Waals surface area (Å²) in [4.78, 5) is 21.7. The highest BCUT2D eigenvalue weighted by atomic mass is 19.4. The zero-order valence-electron chi connectivity index (χ0n) is 21.1. The molecule has 2 aliphatic heterocycles. The summed E-state index contributed by atoms with van der Waals surface area (Å²) >= 11 is 0. The number of carbonyl (C=O) groups is 1. The lowest BCUT2D eigenvalue weighted by Gasteiger charge is -2.40. The van der Waals surface area contributed by atoms with Crippen molar-refractivity contribution in [2.75, 3.05) is 65.1 Å². The largest absolute Gasteiger partial charge is 0.416 e. The second kappa shape index (κ2) is 11.6. The Morgan fingerprint density at radius 1 is 1.25 bits per heavy atom. The number of amides is 1. The van der Waals surface area contributed by atoms with Gasteiger partial charge in [-0.2, -0.15) is 13.2 Å². The van der Waals surface area contributed by atoms with Crippen molar-refractivity contribution in [2.45, 2.75) is 56.5 Å².